The predicted octanol–water partition coefficient (Wildman–Crippen LogP) is 25.5. The van der Waals surface area contributed by atoms with E-state index in [0.717, 1.165) is 225 Å². The number of phosphoric ester groups is 2. The van der Waals surface area contributed by atoms with Crippen LogP contribution < -0.4 is 0 Å². The van der Waals surface area contributed by atoms with Gasteiger partial charge in [0.2, 0.25) is 0 Å². The third-order valence-corrected chi connectivity index (χ3v) is 19.8. The smallest absolute Gasteiger partial charge is 0.462 e. The molecule has 0 aromatic rings. The molecule has 0 aliphatic heterocycles. The van der Waals surface area contributed by atoms with Gasteiger partial charge in [0, 0.05) is 25.7 Å². The van der Waals surface area contributed by atoms with Crippen molar-refractivity contribution in [1.82, 2.24) is 0 Å². The first-order valence-corrected chi connectivity index (χ1v) is 45.8. The maximum Gasteiger partial charge on any atom is 0.472 e. The quantitative estimate of drug-likeness (QED) is 0.0169. The van der Waals surface area contributed by atoms with E-state index >= 15 is 0 Å². The molecule has 0 radical (unpaired) electrons. The highest BCUT2D eigenvalue weighted by atomic mass is 31.2. The molecular weight excluding hydrogens is 1400 g/mol. The van der Waals surface area contributed by atoms with Crippen LogP contribution in [-0.4, -0.2) is 96.7 Å². The SMILES string of the molecule is CC/C=C\C/C=C\C/C=C\CCCCCCCCCC(=O)OCC(COP(=O)(O)OCC(O)COP(=O)(O)OCC(COC(=O)CCCCCCCC/C=C\C/C=C\C/C=C\CCCCC)OC(=O)CCCCCCCCC/C=C\C/C=C\C/C=C\CC)OC(=O)CCCCCCC/C=C\CCCCCCCC. The van der Waals surface area contributed by atoms with E-state index in [1.807, 2.05) is 0 Å². The normalized spacial score (nSPS) is 14.4. The Balaban J connectivity index is 5.39. The predicted molar refractivity (Wildman–Crippen MR) is 445 cm³/mol. The third-order valence-electron chi connectivity index (χ3n) is 17.9. The number of aliphatic hydroxyl groups is 1. The molecule has 0 spiro atoms. The zero-order valence-electron chi connectivity index (χ0n) is 68.2. The Morgan fingerprint density at radius 1 is 0.269 bits per heavy atom. The van der Waals surface area contributed by atoms with Crippen molar-refractivity contribution in [2.45, 2.75) is 380 Å². The maximum atomic E-state index is 13.1. The number of ether oxygens (including phenoxy) is 4. The standard InChI is InChI=1S/C89H154O17P2/c1-5-9-13-17-21-25-29-33-37-40-41-44-47-50-54-58-62-66-70-74-87(92)100-80-85(106-89(94)76-72-68-64-60-56-52-48-43-39-35-31-27-23-19-15-11-7-3)82-104-108(97,98)102-78-83(90)77-101-107(95,96)103-81-84(105-88(93)75-71-67-63-59-55-51-45-36-32-28-24-20-16-12-8-4)79-99-86(91)73-69-65-61-57-53-49-46-42-38-34-30-26-22-18-14-10-6-2/h10-11,14-15,21-23,25-27,33-39,41,44-45,83-85,90H,5-9,12-13,16-20,24,28-32,40,42-43,46-82H2,1-4H3,(H,95,96)(H,97,98)/b14-10-,15-11-,25-21-,26-22-,27-23-,37-33-,38-34-,39-35-,44-41-,45-36-. The van der Waals surface area contributed by atoms with E-state index in [0.29, 0.717) is 25.7 Å². The molecule has 0 aliphatic carbocycles. The Morgan fingerprint density at radius 2 is 0.481 bits per heavy atom. The molecule has 0 aromatic heterocycles. The van der Waals surface area contributed by atoms with Crippen LogP contribution in [0, 0.1) is 0 Å². The summed E-state index contributed by atoms with van der Waals surface area (Å²) in [5, 5.41) is 10.7. The molecule has 0 amide bonds. The first-order valence-electron chi connectivity index (χ1n) is 42.8. The number of unbranched alkanes of at least 4 members (excludes halogenated alkanes) is 34. The lowest BCUT2D eigenvalue weighted by Crippen LogP contribution is -2.30. The highest BCUT2D eigenvalue weighted by Crippen LogP contribution is 2.45. The fourth-order valence-electron chi connectivity index (χ4n) is 11.4. The topological polar surface area (TPSA) is 237 Å². The van der Waals surface area contributed by atoms with Crippen molar-refractivity contribution in [2.75, 3.05) is 39.6 Å². The fraction of sp³-hybridized carbons (Fsp3) is 0.730. The van der Waals surface area contributed by atoms with Gasteiger partial charge in [-0.3, -0.25) is 37.3 Å². The van der Waals surface area contributed by atoms with Crippen molar-refractivity contribution in [2.24, 2.45) is 0 Å². The van der Waals surface area contributed by atoms with Gasteiger partial charge in [-0.15, -0.1) is 0 Å². The monoisotopic (exact) mass is 1560 g/mol. The Bertz CT molecular complexity index is 2520. The molecule has 0 saturated carbocycles. The average Bonchev–Trinajstić information content (AvgIpc) is 0.906. The molecule has 5 unspecified atom stereocenters. The molecule has 0 aliphatic rings. The van der Waals surface area contributed by atoms with Gasteiger partial charge in [0.1, 0.15) is 19.3 Å². The molecule has 0 fully saturated rings. The zero-order chi connectivity index (χ0) is 78.9. The third kappa shape index (κ3) is 79.5. The second kappa shape index (κ2) is 80.5. The summed E-state index contributed by atoms with van der Waals surface area (Å²) >= 11 is 0. The minimum Gasteiger partial charge on any atom is -0.462 e. The van der Waals surface area contributed by atoms with Crippen molar-refractivity contribution >= 4 is 39.5 Å². The van der Waals surface area contributed by atoms with Crippen molar-refractivity contribution in [1.29, 1.82) is 0 Å². The Labute approximate surface area is 657 Å². The molecule has 0 aromatic carbocycles. The summed E-state index contributed by atoms with van der Waals surface area (Å²) in [5.41, 5.74) is 0. The van der Waals surface area contributed by atoms with E-state index in [2.05, 4.69) is 149 Å². The molecular formula is C89H154O17P2. The van der Waals surface area contributed by atoms with Gasteiger partial charge in [-0.25, -0.2) is 9.13 Å². The van der Waals surface area contributed by atoms with E-state index in [9.17, 15) is 43.2 Å². The van der Waals surface area contributed by atoms with Gasteiger partial charge in [-0.05, 0) is 154 Å². The van der Waals surface area contributed by atoms with Crippen LogP contribution in [0.2, 0.25) is 0 Å². The summed E-state index contributed by atoms with van der Waals surface area (Å²) in [4.78, 5) is 73.3. The van der Waals surface area contributed by atoms with Crippen LogP contribution in [-0.2, 0) is 65.4 Å². The van der Waals surface area contributed by atoms with Crippen LogP contribution in [0.4, 0.5) is 0 Å². The molecule has 0 bridgehead atoms. The number of allylic oxidation sites excluding steroid dienone is 20. The van der Waals surface area contributed by atoms with Gasteiger partial charge >= 0.3 is 39.5 Å². The lowest BCUT2D eigenvalue weighted by Gasteiger charge is -2.21. The van der Waals surface area contributed by atoms with E-state index in [4.69, 9.17) is 37.0 Å². The number of carbonyl (C=O) groups excluding carboxylic acids is 4. The van der Waals surface area contributed by atoms with Gasteiger partial charge in [0.15, 0.2) is 12.2 Å². The van der Waals surface area contributed by atoms with Gasteiger partial charge in [-0.1, -0.05) is 303 Å². The zero-order valence-corrected chi connectivity index (χ0v) is 70.0. The summed E-state index contributed by atoms with van der Waals surface area (Å²) in [5.74, 6) is -2.20. The van der Waals surface area contributed by atoms with Crippen LogP contribution >= 0.6 is 15.6 Å². The van der Waals surface area contributed by atoms with Crippen LogP contribution in [0.25, 0.3) is 0 Å². The highest BCUT2D eigenvalue weighted by molar-refractivity contribution is 7.47. The van der Waals surface area contributed by atoms with Crippen molar-refractivity contribution in [3.8, 4) is 0 Å². The number of carbonyl (C=O) groups is 4. The second-order valence-electron chi connectivity index (χ2n) is 28.4. The first kappa shape index (κ1) is 103. The van der Waals surface area contributed by atoms with Crippen LogP contribution in [0.3, 0.4) is 0 Å². The molecule has 0 heterocycles. The van der Waals surface area contributed by atoms with E-state index in [1.54, 1.807) is 0 Å². The molecule has 0 rings (SSSR count). The van der Waals surface area contributed by atoms with Crippen LogP contribution in [0.15, 0.2) is 122 Å². The Morgan fingerprint density at radius 3 is 0.769 bits per heavy atom. The number of esters is 4. The van der Waals surface area contributed by atoms with Crippen molar-refractivity contribution in [3.05, 3.63) is 122 Å². The molecule has 5 atom stereocenters. The number of aliphatic hydroxyl groups excluding tert-OH is 1. The fourth-order valence-corrected chi connectivity index (χ4v) is 13.0. The Hall–Kier alpha value is -4.54. The number of hydrogen-bond acceptors (Lipinski definition) is 15. The minimum absolute atomic E-state index is 0.0790. The number of hydrogen-bond donors (Lipinski definition) is 3. The van der Waals surface area contributed by atoms with Crippen LogP contribution in [0.5, 0.6) is 0 Å². The molecule has 17 nitrogen and oxygen atoms in total. The molecule has 108 heavy (non-hydrogen) atoms. The Kier molecular flexibility index (Phi) is 77.1. The van der Waals surface area contributed by atoms with E-state index in [-0.39, 0.29) is 25.7 Å². The highest BCUT2D eigenvalue weighted by Gasteiger charge is 2.30. The van der Waals surface area contributed by atoms with Gasteiger partial charge in [-0.2, -0.15) is 0 Å². The van der Waals surface area contributed by atoms with E-state index < -0.39 is 97.5 Å². The largest absolute Gasteiger partial charge is 0.472 e. The van der Waals surface area contributed by atoms with E-state index in [1.165, 1.54) is 57.8 Å². The summed E-state index contributed by atoms with van der Waals surface area (Å²) in [6.07, 6.45) is 90.1. The minimum atomic E-state index is -4.99. The first-order chi connectivity index (χ1) is 52.7. The molecule has 622 valence electrons. The second-order valence-corrected chi connectivity index (χ2v) is 31.3. The average molecular weight is 1560 g/mol. The lowest BCUT2D eigenvalue weighted by atomic mass is 10.1. The maximum absolute atomic E-state index is 13.1. The summed E-state index contributed by atoms with van der Waals surface area (Å²) < 4.78 is 68.8. The molecule has 0 saturated heterocycles. The number of phosphoric acid groups is 2. The van der Waals surface area contributed by atoms with Crippen molar-refractivity contribution < 1.29 is 80.2 Å². The van der Waals surface area contributed by atoms with Gasteiger partial charge < -0.3 is 33.8 Å². The molecule has 19 heteroatoms. The number of rotatable bonds is 80. The molecule has 3 N–H and O–H groups in total. The summed E-state index contributed by atoms with van der Waals surface area (Å²) in [7, 11) is -9.98. The van der Waals surface area contributed by atoms with Crippen LogP contribution in [0.1, 0.15) is 362 Å². The van der Waals surface area contributed by atoms with Gasteiger partial charge in [0.05, 0.1) is 26.4 Å². The van der Waals surface area contributed by atoms with Crippen molar-refractivity contribution in [3.63, 3.8) is 0 Å². The summed E-state index contributed by atoms with van der Waals surface area (Å²) in [6, 6.07) is 0. The summed E-state index contributed by atoms with van der Waals surface area (Å²) in [6.45, 7) is 4.63. The van der Waals surface area contributed by atoms with Gasteiger partial charge in [0.25, 0.3) is 0 Å². The lowest BCUT2D eigenvalue weighted by molar-refractivity contribution is -0.161.